The van der Waals surface area contributed by atoms with E-state index in [1.807, 2.05) is 6.07 Å². The molecule has 0 fully saturated rings. The Morgan fingerprint density at radius 2 is 2.07 bits per heavy atom. The van der Waals surface area contributed by atoms with E-state index >= 15 is 0 Å². The van der Waals surface area contributed by atoms with Crippen LogP contribution >= 0.6 is 0 Å². The fourth-order valence-corrected chi connectivity index (χ4v) is 1.49. The second-order valence-corrected chi connectivity index (χ2v) is 3.20. The highest BCUT2D eigenvalue weighted by molar-refractivity contribution is 5.94. The number of anilines is 1. The number of rotatable bonds is 1. The van der Waals surface area contributed by atoms with E-state index in [1.54, 1.807) is 30.3 Å². The first-order chi connectivity index (χ1) is 7.16. The lowest BCUT2D eigenvalue weighted by molar-refractivity contribution is 0.259. The van der Waals surface area contributed by atoms with Crippen LogP contribution in [0.1, 0.15) is 0 Å². The minimum absolute atomic E-state index is 0.220. The van der Waals surface area contributed by atoms with Crippen LogP contribution in [-0.2, 0) is 0 Å². The van der Waals surface area contributed by atoms with Crippen molar-refractivity contribution in [3.63, 3.8) is 0 Å². The maximum atomic E-state index is 10.6. The Morgan fingerprint density at radius 3 is 2.80 bits per heavy atom. The van der Waals surface area contributed by atoms with Crippen LogP contribution in [0, 0.1) is 0 Å². The molecule has 2 aromatic rings. The fraction of sp³-hybridized carbons (Fsp3) is 0. The van der Waals surface area contributed by atoms with Crippen LogP contribution in [0.3, 0.4) is 0 Å². The van der Waals surface area contributed by atoms with Gasteiger partial charge in [0.1, 0.15) is 5.75 Å². The third kappa shape index (κ3) is 1.83. The molecule has 0 radical (unpaired) electrons. The number of fused-ring (bicyclic) bond motifs is 1. The zero-order chi connectivity index (χ0) is 10.8. The van der Waals surface area contributed by atoms with Crippen LogP contribution in [0.25, 0.3) is 10.8 Å². The normalized spacial score (nSPS) is 10.1. The number of nitrogens with two attached hydrogens (primary N) is 1. The number of aromatic hydroxyl groups is 1. The third-order valence-electron chi connectivity index (χ3n) is 2.12. The van der Waals surface area contributed by atoms with Crippen LogP contribution in [-0.4, -0.2) is 11.1 Å². The van der Waals surface area contributed by atoms with Gasteiger partial charge in [0.15, 0.2) is 0 Å². The summed E-state index contributed by atoms with van der Waals surface area (Å²) in [5.41, 5.74) is 5.61. The van der Waals surface area contributed by atoms with Gasteiger partial charge < -0.3 is 16.2 Å². The summed E-state index contributed by atoms with van der Waals surface area (Å²) in [7, 11) is 0. The lowest BCUT2D eigenvalue weighted by Crippen LogP contribution is -2.19. The summed E-state index contributed by atoms with van der Waals surface area (Å²) >= 11 is 0. The van der Waals surface area contributed by atoms with Gasteiger partial charge in [-0.2, -0.15) is 0 Å². The highest BCUT2D eigenvalue weighted by Crippen LogP contribution is 2.26. The van der Waals surface area contributed by atoms with Crippen molar-refractivity contribution in [1.29, 1.82) is 0 Å². The molecular weight excluding hydrogens is 192 g/mol. The smallest absolute Gasteiger partial charge is 0.316 e. The first-order valence-electron chi connectivity index (χ1n) is 4.45. The molecule has 0 saturated carbocycles. The van der Waals surface area contributed by atoms with Gasteiger partial charge in [-0.05, 0) is 29.7 Å². The Balaban J connectivity index is 2.52. The number of hydrogen-bond donors (Lipinski definition) is 3. The van der Waals surface area contributed by atoms with Gasteiger partial charge in [-0.25, -0.2) is 4.79 Å². The van der Waals surface area contributed by atoms with Crippen LogP contribution in [0.2, 0.25) is 0 Å². The van der Waals surface area contributed by atoms with Gasteiger partial charge >= 0.3 is 6.03 Å². The molecule has 0 saturated heterocycles. The van der Waals surface area contributed by atoms with Crippen LogP contribution in [0.4, 0.5) is 10.5 Å². The van der Waals surface area contributed by atoms with E-state index in [4.69, 9.17) is 5.73 Å². The Hall–Kier alpha value is -2.23. The average molecular weight is 202 g/mol. The highest BCUT2D eigenvalue weighted by Gasteiger charge is 2.01. The Bertz CT molecular complexity index is 523. The number of phenols is 1. The Labute approximate surface area is 86.3 Å². The lowest BCUT2D eigenvalue weighted by Gasteiger charge is -2.04. The molecule has 2 amide bonds. The Kier molecular flexibility index (Phi) is 2.17. The number of nitrogens with one attached hydrogen (secondary N) is 1. The number of amides is 2. The molecule has 0 bridgehead atoms. The van der Waals surface area contributed by atoms with Crippen LogP contribution < -0.4 is 11.1 Å². The molecular formula is C11H10N2O2. The highest BCUT2D eigenvalue weighted by atomic mass is 16.3. The van der Waals surface area contributed by atoms with Gasteiger partial charge in [0.25, 0.3) is 0 Å². The zero-order valence-corrected chi connectivity index (χ0v) is 7.90. The largest absolute Gasteiger partial charge is 0.507 e. The molecule has 0 aliphatic rings. The molecule has 0 heterocycles. The lowest BCUT2D eigenvalue weighted by atomic mass is 10.1. The number of carbonyl (C=O) groups excluding carboxylic acids is 1. The number of phenolic OH excluding ortho intramolecular Hbond substituents is 1. The van der Waals surface area contributed by atoms with E-state index in [2.05, 4.69) is 5.32 Å². The fourth-order valence-electron chi connectivity index (χ4n) is 1.49. The van der Waals surface area contributed by atoms with Crippen molar-refractivity contribution in [3.8, 4) is 5.75 Å². The summed E-state index contributed by atoms with van der Waals surface area (Å²) in [6.45, 7) is 0. The van der Waals surface area contributed by atoms with Crippen molar-refractivity contribution >= 4 is 22.5 Å². The topological polar surface area (TPSA) is 75.4 Å². The number of hydrogen-bond acceptors (Lipinski definition) is 2. The van der Waals surface area contributed by atoms with E-state index in [-0.39, 0.29) is 5.75 Å². The van der Waals surface area contributed by atoms with Crippen molar-refractivity contribution in [2.24, 2.45) is 5.73 Å². The summed E-state index contributed by atoms with van der Waals surface area (Å²) in [6, 6.07) is 9.77. The van der Waals surface area contributed by atoms with Gasteiger partial charge in [0.2, 0.25) is 0 Å². The van der Waals surface area contributed by atoms with Crippen molar-refractivity contribution in [2.75, 3.05) is 5.32 Å². The van der Waals surface area contributed by atoms with Gasteiger partial charge in [-0.15, -0.1) is 0 Å². The first kappa shape index (κ1) is 9.33. The average Bonchev–Trinajstić information content (AvgIpc) is 2.17. The summed E-state index contributed by atoms with van der Waals surface area (Å²) in [5, 5.41) is 13.6. The molecule has 4 N–H and O–H groups in total. The van der Waals surface area contributed by atoms with Gasteiger partial charge in [0.05, 0.1) is 0 Å². The van der Waals surface area contributed by atoms with E-state index < -0.39 is 6.03 Å². The second-order valence-electron chi connectivity index (χ2n) is 3.20. The summed E-state index contributed by atoms with van der Waals surface area (Å²) in [5.74, 6) is 0.220. The number of urea groups is 1. The number of primary amides is 1. The van der Waals surface area contributed by atoms with E-state index in [1.165, 1.54) is 0 Å². The minimum Gasteiger partial charge on any atom is -0.507 e. The molecule has 2 aromatic carbocycles. The van der Waals surface area contributed by atoms with Gasteiger partial charge in [-0.1, -0.05) is 12.1 Å². The predicted octanol–water partition coefficient (Wildman–Crippen LogP) is 2.04. The molecule has 0 atom stereocenters. The molecule has 0 aromatic heterocycles. The monoisotopic (exact) mass is 202 g/mol. The molecule has 0 aliphatic carbocycles. The molecule has 4 heteroatoms. The number of carbonyl (C=O) groups is 1. The van der Waals surface area contributed by atoms with Gasteiger partial charge in [0, 0.05) is 11.1 Å². The third-order valence-corrected chi connectivity index (χ3v) is 2.12. The van der Waals surface area contributed by atoms with Crippen molar-refractivity contribution in [2.45, 2.75) is 0 Å². The molecule has 4 nitrogen and oxygen atoms in total. The summed E-state index contributed by atoms with van der Waals surface area (Å²) in [6.07, 6.45) is 0. The first-order valence-corrected chi connectivity index (χ1v) is 4.45. The van der Waals surface area contributed by atoms with Crippen molar-refractivity contribution in [1.82, 2.24) is 0 Å². The van der Waals surface area contributed by atoms with Crippen molar-refractivity contribution in [3.05, 3.63) is 36.4 Å². The minimum atomic E-state index is -0.602. The maximum absolute atomic E-state index is 10.6. The standard InChI is InChI=1S/C11H10N2O2/c12-11(15)13-8-4-5-9-7(6-8)2-1-3-10(9)14/h1-6,14H,(H3,12,13,15). The quantitative estimate of drug-likeness (QED) is 0.661. The maximum Gasteiger partial charge on any atom is 0.316 e. The van der Waals surface area contributed by atoms with Crippen LogP contribution in [0.15, 0.2) is 36.4 Å². The van der Waals surface area contributed by atoms with Crippen LogP contribution in [0.5, 0.6) is 5.75 Å². The van der Waals surface area contributed by atoms with E-state index in [0.29, 0.717) is 5.69 Å². The number of benzene rings is 2. The van der Waals surface area contributed by atoms with E-state index in [9.17, 15) is 9.90 Å². The second kappa shape index (κ2) is 3.49. The molecule has 0 aliphatic heterocycles. The van der Waals surface area contributed by atoms with Gasteiger partial charge in [-0.3, -0.25) is 0 Å². The SMILES string of the molecule is NC(=O)Nc1ccc2c(O)cccc2c1. The zero-order valence-electron chi connectivity index (χ0n) is 7.90. The van der Waals surface area contributed by atoms with Crippen molar-refractivity contribution < 1.29 is 9.90 Å². The predicted molar refractivity (Wildman–Crippen MR) is 58.8 cm³/mol. The molecule has 0 spiro atoms. The summed E-state index contributed by atoms with van der Waals surface area (Å²) < 4.78 is 0. The van der Waals surface area contributed by atoms with E-state index in [0.717, 1.165) is 10.8 Å². The molecule has 0 unspecified atom stereocenters. The Morgan fingerprint density at radius 1 is 1.27 bits per heavy atom. The molecule has 2 rings (SSSR count). The molecule has 15 heavy (non-hydrogen) atoms. The summed E-state index contributed by atoms with van der Waals surface area (Å²) in [4.78, 5) is 10.6. The molecule has 76 valence electrons.